The van der Waals surface area contributed by atoms with E-state index in [1.165, 1.54) is 12.1 Å². The summed E-state index contributed by atoms with van der Waals surface area (Å²) in [6, 6.07) is 11.7. The second kappa shape index (κ2) is 7.00. The SMILES string of the molecule is O=C1c2cc(-c3ccc(F)cc3)ccc2OCCN1CC1N=CC=CN1. The van der Waals surface area contributed by atoms with E-state index in [0.717, 1.165) is 11.1 Å². The van der Waals surface area contributed by atoms with Gasteiger partial charge in [-0.25, -0.2) is 4.39 Å². The molecule has 0 radical (unpaired) electrons. The lowest BCUT2D eigenvalue weighted by molar-refractivity contribution is 0.0742. The van der Waals surface area contributed by atoms with E-state index < -0.39 is 0 Å². The number of nitrogens with zero attached hydrogens (tertiary/aromatic N) is 2. The Hall–Kier alpha value is -3.15. The Kier molecular flexibility index (Phi) is 4.39. The first-order valence-corrected chi connectivity index (χ1v) is 8.47. The minimum atomic E-state index is -0.288. The third-order valence-electron chi connectivity index (χ3n) is 4.42. The number of aliphatic imine (C=N–C) groups is 1. The lowest BCUT2D eigenvalue weighted by atomic mass is 10.0. The number of carbonyl (C=O) groups excluding carboxylic acids is 1. The molecule has 0 bridgehead atoms. The standard InChI is InChI=1S/C20H18FN3O2/c21-16-5-2-14(3-6-16)15-4-7-18-17(12-15)20(25)24(10-11-26-18)13-19-22-8-1-9-23-19/h1-9,12,19,22H,10-11,13H2. The number of benzene rings is 2. The van der Waals surface area contributed by atoms with Gasteiger partial charge in [0.05, 0.1) is 18.7 Å². The van der Waals surface area contributed by atoms with Crippen LogP contribution in [0.3, 0.4) is 0 Å². The number of hydrogen-bond donors (Lipinski definition) is 1. The molecule has 5 nitrogen and oxygen atoms in total. The number of nitrogens with one attached hydrogen (secondary N) is 1. The van der Waals surface area contributed by atoms with E-state index in [9.17, 15) is 9.18 Å². The molecular formula is C20H18FN3O2. The van der Waals surface area contributed by atoms with E-state index >= 15 is 0 Å². The highest BCUT2D eigenvalue weighted by Gasteiger charge is 2.26. The smallest absolute Gasteiger partial charge is 0.257 e. The van der Waals surface area contributed by atoms with E-state index in [1.54, 1.807) is 35.4 Å². The molecule has 0 saturated heterocycles. The van der Waals surface area contributed by atoms with Crippen LogP contribution >= 0.6 is 0 Å². The summed E-state index contributed by atoms with van der Waals surface area (Å²) in [6.07, 6.45) is 5.19. The predicted molar refractivity (Wildman–Crippen MR) is 97.8 cm³/mol. The molecule has 1 amide bonds. The zero-order valence-corrected chi connectivity index (χ0v) is 14.1. The lowest BCUT2D eigenvalue weighted by Crippen LogP contribution is -2.42. The molecule has 0 fully saturated rings. The van der Waals surface area contributed by atoms with E-state index in [0.29, 0.717) is 31.0 Å². The molecule has 0 aliphatic carbocycles. The fraction of sp³-hybridized carbons (Fsp3) is 0.200. The van der Waals surface area contributed by atoms with Gasteiger partial charge in [0.1, 0.15) is 24.3 Å². The quantitative estimate of drug-likeness (QED) is 0.925. The summed E-state index contributed by atoms with van der Waals surface area (Å²) >= 11 is 0. The topological polar surface area (TPSA) is 53.9 Å². The Morgan fingerprint density at radius 3 is 2.77 bits per heavy atom. The molecule has 4 rings (SSSR count). The molecule has 2 heterocycles. The van der Waals surface area contributed by atoms with E-state index in [2.05, 4.69) is 10.3 Å². The Balaban J connectivity index is 1.62. The first-order valence-electron chi connectivity index (χ1n) is 8.47. The van der Waals surface area contributed by atoms with Gasteiger partial charge < -0.3 is 15.0 Å². The van der Waals surface area contributed by atoms with Crippen molar-refractivity contribution in [2.24, 2.45) is 4.99 Å². The molecule has 0 spiro atoms. The molecule has 26 heavy (non-hydrogen) atoms. The van der Waals surface area contributed by atoms with Crippen LogP contribution in [0.25, 0.3) is 11.1 Å². The highest BCUT2D eigenvalue weighted by atomic mass is 19.1. The van der Waals surface area contributed by atoms with Gasteiger partial charge in [0, 0.05) is 6.21 Å². The number of hydrogen-bond acceptors (Lipinski definition) is 4. The maximum Gasteiger partial charge on any atom is 0.257 e. The molecule has 2 aromatic carbocycles. The number of fused-ring (bicyclic) bond motifs is 1. The minimum Gasteiger partial charge on any atom is -0.491 e. The summed E-state index contributed by atoms with van der Waals surface area (Å²) in [5.74, 6) is 0.194. The lowest BCUT2D eigenvalue weighted by Gasteiger charge is -2.25. The molecule has 6 heteroatoms. The van der Waals surface area contributed by atoms with Crippen molar-refractivity contribution in [3.05, 3.63) is 66.1 Å². The Morgan fingerprint density at radius 1 is 1.19 bits per heavy atom. The third kappa shape index (κ3) is 3.31. The Morgan fingerprint density at radius 2 is 2.00 bits per heavy atom. The summed E-state index contributed by atoms with van der Waals surface area (Å²) in [4.78, 5) is 19.1. The number of allylic oxidation sites excluding steroid dienone is 1. The van der Waals surface area contributed by atoms with Crippen molar-refractivity contribution in [2.45, 2.75) is 6.17 Å². The van der Waals surface area contributed by atoms with Crippen molar-refractivity contribution in [1.82, 2.24) is 10.2 Å². The largest absolute Gasteiger partial charge is 0.491 e. The van der Waals surface area contributed by atoms with Gasteiger partial charge in [0.2, 0.25) is 0 Å². The fourth-order valence-electron chi connectivity index (χ4n) is 3.07. The van der Waals surface area contributed by atoms with Gasteiger partial charge in [-0.05, 0) is 47.7 Å². The summed E-state index contributed by atoms with van der Waals surface area (Å²) in [5, 5.41) is 3.13. The van der Waals surface area contributed by atoms with Crippen LogP contribution in [-0.4, -0.2) is 42.9 Å². The van der Waals surface area contributed by atoms with Gasteiger partial charge in [-0.15, -0.1) is 0 Å². The highest BCUT2D eigenvalue weighted by Crippen LogP contribution is 2.29. The number of carbonyl (C=O) groups is 1. The van der Waals surface area contributed by atoms with Crippen LogP contribution in [-0.2, 0) is 0 Å². The van der Waals surface area contributed by atoms with Crippen molar-refractivity contribution in [3.63, 3.8) is 0 Å². The summed E-state index contributed by atoms with van der Waals surface area (Å²) in [5.41, 5.74) is 2.21. The van der Waals surface area contributed by atoms with Gasteiger partial charge in [-0.2, -0.15) is 0 Å². The first kappa shape index (κ1) is 16.3. The second-order valence-corrected chi connectivity index (χ2v) is 6.16. The molecule has 2 aromatic rings. The number of amides is 1. The van der Waals surface area contributed by atoms with Gasteiger partial charge in [0.25, 0.3) is 5.91 Å². The number of ether oxygens (including phenoxy) is 1. The molecule has 1 atom stereocenters. The summed E-state index contributed by atoms with van der Waals surface area (Å²) in [7, 11) is 0. The van der Waals surface area contributed by atoms with Crippen LogP contribution in [0.15, 0.2) is 59.7 Å². The van der Waals surface area contributed by atoms with Gasteiger partial charge >= 0.3 is 0 Å². The molecule has 132 valence electrons. The first-order chi connectivity index (χ1) is 12.7. The number of halogens is 1. The van der Waals surface area contributed by atoms with E-state index in [-0.39, 0.29) is 17.9 Å². The molecule has 1 unspecified atom stereocenters. The van der Waals surface area contributed by atoms with Crippen molar-refractivity contribution in [3.8, 4) is 16.9 Å². The second-order valence-electron chi connectivity index (χ2n) is 6.16. The van der Waals surface area contributed by atoms with Crippen molar-refractivity contribution >= 4 is 12.1 Å². The van der Waals surface area contributed by atoms with Crippen LogP contribution < -0.4 is 10.1 Å². The van der Waals surface area contributed by atoms with E-state index in [1.807, 2.05) is 18.3 Å². The van der Waals surface area contributed by atoms with Crippen molar-refractivity contribution < 1.29 is 13.9 Å². The average molecular weight is 351 g/mol. The molecule has 1 N–H and O–H groups in total. The third-order valence-corrected chi connectivity index (χ3v) is 4.42. The summed E-state index contributed by atoms with van der Waals surface area (Å²) in [6.45, 7) is 1.39. The van der Waals surface area contributed by atoms with Gasteiger partial charge in [-0.1, -0.05) is 18.2 Å². The van der Waals surface area contributed by atoms with Crippen molar-refractivity contribution in [1.29, 1.82) is 0 Å². The van der Waals surface area contributed by atoms with Crippen LogP contribution in [0.5, 0.6) is 5.75 Å². The molecule has 2 aliphatic rings. The van der Waals surface area contributed by atoms with Gasteiger partial charge in [0.15, 0.2) is 0 Å². The monoisotopic (exact) mass is 351 g/mol. The molecular weight excluding hydrogens is 333 g/mol. The fourth-order valence-corrected chi connectivity index (χ4v) is 3.07. The predicted octanol–water partition coefficient (Wildman–Crippen LogP) is 2.84. The minimum absolute atomic E-state index is 0.0898. The van der Waals surface area contributed by atoms with Crippen LogP contribution in [0, 0.1) is 5.82 Å². The van der Waals surface area contributed by atoms with Crippen LogP contribution in [0.4, 0.5) is 4.39 Å². The van der Waals surface area contributed by atoms with E-state index in [4.69, 9.17) is 4.74 Å². The molecule has 0 saturated carbocycles. The maximum absolute atomic E-state index is 13.2. The van der Waals surface area contributed by atoms with Crippen LogP contribution in [0.2, 0.25) is 0 Å². The zero-order chi connectivity index (χ0) is 17.9. The summed E-state index contributed by atoms with van der Waals surface area (Å²) < 4.78 is 18.9. The average Bonchev–Trinajstić information content (AvgIpc) is 2.82. The zero-order valence-electron chi connectivity index (χ0n) is 14.1. The molecule has 2 aliphatic heterocycles. The van der Waals surface area contributed by atoms with Gasteiger partial charge in [-0.3, -0.25) is 9.79 Å². The maximum atomic E-state index is 13.2. The Labute approximate surface area is 150 Å². The normalized spacial score (nSPS) is 18.7. The molecule has 0 aromatic heterocycles. The highest BCUT2D eigenvalue weighted by molar-refractivity contribution is 5.98. The number of rotatable bonds is 3. The van der Waals surface area contributed by atoms with Crippen LogP contribution in [0.1, 0.15) is 10.4 Å². The van der Waals surface area contributed by atoms with Crippen molar-refractivity contribution in [2.75, 3.05) is 19.7 Å². The Bertz CT molecular complexity index is 877.